The van der Waals surface area contributed by atoms with Crippen molar-refractivity contribution >= 4 is 32.6 Å². The quantitative estimate of drug-likeness (QED) is 0.612. The summed E-state index contributed by atoms with van der Waals surface area (Å²) in [4.78, 5) is 17.9. The van der Waals surface area contributed by atoms with Gasteiger partial charge in [0.1, 0.15) is 11.5 Å². The van der Waals surface area contributed by atoms with E-state index in [0.717, 1.165) is 16.3 Å². The summed E-state index contributed by atoms with van der Waals surface area (Å²) in [6.07, 6.45) is 0.514. The van der Waals surface area contributed by atoms with Crippen LogP contribution < -0.4 is 10.1 Å². The van der Waals surface area contributed by atoms with Crippen molar-refractivity contribution in [3.8, 4) is 11.5 Å². The van der Waals surface area contributed by atoms with Gasteiger partial charge in [0.25, 0.3) is 16.1 Å². The van der Waals surface area contributed by atoms with Crippen LogP contribution >= 0.6 is 11.3 Å². The molecule has 0 saturated heterocycles. The number of nitrogens with one attached hydrogen (secondary N) is 1. The molecule has 0 bridgehead atoms. The van der Waals surface area contributed by atoms with Gasteiger partial charge in [-0.2, -0.15) is 17.0 Å². The topological polar surface area (TPSA) is 91.8 Å². The van der Waals surface area contributed by atoms with E-state index in [1.807, 2.05) is 30.3 Å². The lowest BCUT2D eigenvalue weighted by Gasteiger charge is -2.27. The summed E-state index contributed by atoms with van der Waals surface area (Å²) in [5, 5.41) is 3.27. The van der Waals surface area contributed by atoms with Gasteiger partial charge < -0.3 is 4.74 Å². The first-order valence-electron chi connectivity index (χ1n) is 9.63. The summed E-state index contributed by atoms with van der Waals surface area (Å²) >= 11 is 1.30. The predicted molar refractivity (Wildman–Crippen MR) is 120 cm³/mol. The molecule has 0 spiro atoms. The summed E-state index contributed by atoms with van der Waals surface area (Å²) < 4.78 is 33.1. The molecule has 31 heavy (non-hydrogen) atoms. The van der Waals surface area contributed by atoms with Crippen LogP contribution in [-0.4, -0.2) is 48.6 Å². The summed E-state index contributed by atoms with van der Waals surface area (Å²) in [5.74, 6) is 1.07. The number of para-hydroxylation sites is 1. The highest BCUT2D eigenvalue weighted by Crippen LogP contribution is 2.30. The molecule has 0 aliphatic carbocycles. The Balaban J connectivity index is 1.41. The number of nitrogens with zero attached hydrogens (tertiary/aromatic N) is 3. The zero-order valence-electron chi connectivity index (χ0n) is 17.1. The fraction of sp³-hybridized carbons (Fsp3) is 0.238. The summed E-state index contributed by atoms with van der Waals surface area (Å²) in [6.45, 7) is 0.627. The fourth-order valence-corrected chi connectivity index (χ4v) is 5.30. The Morgan fingerprint density at radius 1 is 1.10 bits per heavy atom. The third-order valence-corrected chi connectivity index (χ3v) is 7.68. The van der Waals surface area contributed by atoms with E-state index in [9.17, 15) is 13.2 Å². The average Bonchev–Trinajstić information content (AvgIpc) is 3.16. The van der Waals surface area contributed by atoms with Crippen LogP contribution in [0, 0.1) is 0 Å². The number of carbonyl (C=O) groups is 1. The van der Waals surface area contributed by atoms with Gasteiger partial charge in [-0.1, -0.05) is 18.2 Å². The molecule has 1 aromatic heterocycles. The molecule has 4 rings (SSSR count). The molecule has 1 amide bonds. The van der Waals surface area contributed by atoms with E-state index in [0.29, 0.717) is 29.4 Å². The van der Waals surface area contributed by atoms with Crippen LogP contribution in [0.1, 0.15) is 20.9 Å². The Kier molecular flexibility index (Phi) is 6.05. The maximum atomic E-state index is 12.6. The molecule has 0 radical (unpaired) electrons. The van der Waals surface area contributed by atoms with Crippen LogP contribution in [0.4, 0.5) is 5.13 Å². The number of hydrogen-bond acceptors (Lipinski definition) is 6. The van der Waals surface area contributed by atoms with Gasteiger partial charge in [0.2, 0.25) is 0 Å². The highest BCUT2D eigenvalue weighted by atomic mass is 32.2. The standard InChI is InChI=1S/C21H22N4O4S2/c1-24(2)31(27,28)25-13-12-18-19(14-25)30-21(22-18)23-20(26)15-8-10-17(11-9-15)29-16-6-4-3-5-7-16/h3-11H,12-14H2,1-2H3,(H,22,23,26). The van der Waals surface area contributed by atoms with Gasteiger partial charge in [-0.3, -0.25) is 10.1 Å². The van der Waals surface area contributed by atoms with Gasteiger partial charge in [0, 0.05) is 37.5 Å². The Morgan fingerprint density at radius 3 is 2.45 bits per heavy atom. The summed E-state index contributed by atoms with van der Waals surface area (Å²) in [7, 11) is -0.453. The highest BCUT2D eigenvalue weighted by Gasteiger charge is 2.30. The second-order valence-electron chi connectivity index (χ2n) is 7.16. The van der Waals surface area contributed by atoms with E-state index in [-0.39, 0.29) is 12.5 Å². The number of ether oxygens (including phenoxy) is 1. The molecule has 8 nitrogen and oxygen atoms in total. The normalized spacial score (nSPS) is 14.3. The molecule has 1 N–H and O–H groups in total. The lowest BCUT2D eigenvalue weighted by molar-refractivity contribution is 0.102. The maximum Gasteiger partial charge on any atom is 0.281 e. The Hall–Kier alpha value is -2.79. The largest absolute Gasteiger partial charge is 0.457 e. The number of rotatable bonds is 6. The third kappa shape index (κ3) is 4.77. The molecule has 1 aliphatic heterocycles. The monoisotopic (exact) mass is 458 g/mol. The molecule has 0 atom stereocenters. The van der Waals surface area contributed by atoms with Crippen LogP contribution in [-0.2, 0) is 23.2 Å². The Labute approximate surface area is 185 Å². The van der Waals surface area contributed by atoms with Gasteiger partial charge in [0.15, 0.2) is 5.13 Å². The molecule has 0 fully saturated rings. The molecular weight excluding hydrogens is 436 g/mol. The van der Waals surface area contributed by atoms with Crippen LogP contribution in [0.5, 0.6) is 11.5 Å². The first-order valence-corrected chi connectivity index (χ1v) is 11.8. The van der Waals surface area contributed by atoms with Gasteiger partial charge in [-0.15, -0.1) is 11.3 Å². The number of aromatic nitrogens is 1. The van der Waals surface area contributed by atoms with Crippen molar-refractivity contribution in [3.05, 3.63) is 70.7 Å². The van der Waals surface area contributed by atoms with Crippen LogP contribution in [0.25, 0.3) is 0 Å². The van der Waals surface area contributed by atoms with Crippen molar-refractivity contribution in [2.45, 2.75) is 13.0 Å². The number of benzene rings is 2. The third-order valence-electron chi connectivity index (χ3n) is 4.80. The van der Waals surface area contributed by atoms with Crippen molar-refractivity contribution in [3.63, 3.8) is 0 Å². The van der Waals surface area contributed by atoms with E-state index in [1.54, 1.807) is 24.3 Å². The summed E-state index contributed by atoms with van der Waals surface area (Å²) in [6, 6.07) is 16.2. The van der Waals surface area contributed by atoms with Crippen LogP contribution in [0.2, 0.25) is 0 Å². The average molecular weight is 459 g/mol. The first kappa shape index (κ1) is 21.4. The van der Waals surface area contributed by atoms with Crippen molar-refractivity contribution < 1.29 is 17.9 Å². The number of anilines is 1. The van der Waals surface area contributed by atoms with E-state index in [1.165, 1.54) is 34.0 Å². The van der Waals surface area contributed by atoms with Crippen LogP contribution in [0.15, 0.2) is 54.6 Å². The van der Waals surface area contributed by atoms with Gasteiger partial charge in [0.05, 0.1) is 12.2 Å². The minimum atomic E-state index is -3.48. The van der Waals surface area contributed by atoms with Crippen molar-refractivity contribution in [1.82, 2.24) is 13.6 Å². The zero-order valence-corrected chi connectivity index (χ0v) is 18.7. The van der Waals surface area contributed by atoms with E-state index in [4.69, 9.17) is 4.74 Å². The molecule has 10 heteroatoms. The Bertz CT molecular complexity index is 1180. The molecular formula is C21H22N4O4S2. The second kappa shape index (κ2) is 8.75. The molecule has 162 valence electrons. The summed E-state index contributed by atoms with van der Waals surface area (Å²) in [5.41, 5.74) is 1.31. The molecule has 1 aliphatic rings. The second-order valence-corrected chi connectivity index (χ2v) is 10.4. The van der Waals surface area contributed by atoms with Gasteiger partial charge in [-0.25, -0.2) is 4.98 Å². The minimum absolute atomic E-state index is 0.259. The number of thiazole rings is 1. The molecule has 2 heterocycles. The van der Waals surface area contributed by atoms with E-state index < -0.39 is 10.2 Å². The predicted octanol–water partition coefficient (Wildman–Crippen LogP) is 3.35. The highest BCUT2D eigenvalue weighted by molar-refractivity contribution is 7.86. The number of hydrogen-bond donors (Lipinski definition) is 1. The van der Waals surface area contributed by atoms with Gasteiger partial charge >= 0.3 is 0 Å². The lowest BCUT2D eigenvalue weighted by Crippen LogP contribution is -2.42. The van der Waals surface area contributed by atoms with Crippen molar-refractivity contribution in [2.75, 3.05) is 26.0 Å². The Morgan fingerprint density at radius 2 is 1.77 bits per heavy atom. The fourth-order valence-electron chi connectivity index (χ4n) is 3.12. The van der Waals surface area contributed by atoms with E-state index in [2.05, 4.69) is 10.3 Å². The molecule has 3 aromatic rings. The maximum absolute atomic E-state index is 12.6. The minimum Gasteiger partial charge on any atom is -0.457 e. The number of amides is 1. The van der Waals surface area contributed by atoms with Crippen molar-refractivity contribution in [1.29, 1.82) is 0 Å². The first-order chi connectivity index (χ1) is 14.8. The van der Waals surface area contributed by atoms with E-state index >= 15 is 0 Å². The lowest BCUT2D eigenvalue weighted by atomic mass is 10.2. The van der Waals surface area contributed by atoms with Gasteiger partial charge in [-0.05, 0) is 36.4 Å². The van der Waals surface area contributed by atoms with Crippen LogP contribution in [0.3, 0.4) is 0 Å². The number of fused-ring (bicyclic) bond motifs is 1. The number of carbonyl (C=O) groups excluding carboxylic acids is 1. The van der Waals surface area contributed by atoms with Crippen molar-refractivity contribution in [2.24, 2.45) is 0 Å². The smallest absolute Gasteiger partial charge is 0.281 e. The molecule has 0 unspecified atom stereocenters. The molecule has 2 aromatic carbocycles. The zero-order chi connectivity index (χ0) is 22.0. The SMILES string of the molecule is CN(C)S(=O)(=O)N1CCc2nc(NC(=O)c3ccc(Oc4ccccc4)cc3)sc2C1. The molecule has 0 saturated carbocycles.